The van der Waals surface area contributed by atoms with Crippen LogP contribution in [0.15, 0.2) is 59.1 Å². The average Bonchev–Trinajstić information content (AvgIpc) is 3.42. The summed E-state index contributed by atoms with van der Waals surface area (Å²) < 4.78 is 6.19. The van der Waals surface area contributed by atoms with E-state index in [4.69, 9.17) is 16.6 Å². The molecule has 1 aliphatic heterocycles. The molecule has 10 heteroatoms. The fourth-order valence-electron chi connectivity index (χ4n) is 3.95. The van der Waals surface area contributed by atoms with Gasteiger partial charge in [-0.1, -0.05) is 6.07 Å². The SMILES string of the molecule is CN(C)CCN1C(=S)N[C@H](c2ccccn2)[C@H]1c1ccc(-c2cc(C(=O)O)cc(C(=O)O)c2)o1. The number of rotatable bonds is 8. The fourth-order valence-corrected chi connectivity index (χ4v) is 4.28. The van der Waals surface area contributed by atoms with Crippen LogP contribution in [-0.2, 0) is 0 Å². The first-order valence-corrected chi connectivity index (χ1v) is 11.0. The molecule has 0 unspecified atom stereocenters. The number of likely N-dealkylation sites (N-methyl/N-ethyl adjacent to an activating group) is 1. The van der Waals surface area contributed by atoms with Gasteiger partial charge in [0.1, 0.15) is 17.6 Å². The predicted molar refractivity (Wildman–Crippen MR) is 129 cm³/mol. The van der Waals surface area contributed by atoms with Crippen molar-refractivity contribution in [1.82, 2.24) is 20.1 Å². The second-order valence-corrected chi connectivity index (χ2v) is 8.62. The third-order valence-electron chi connectivity index (χ3n) is 5.62. The van der Waals surface area contributed by atoms with Crippen molar-refractivity contribution in [2.45, 2.75) is 12.1 Å². The van der Waals surface area contributed by atoms with Crippen LogP contribution >= 0.6 is 12.2 Å². The zero-order valence-corrected chi connectivity index (χ0v) is 19.5. The van der Waals surface area contributed by atoms with Crippen LogP contribution in [-0.4, -0.2) is 69.2 Å². The summed E-state index contributed by atoms with van der Waals surface area (Å²) in [6, 6.07) is 12.6. The summed E-state index contributed by atoms with van der Waals surface area (Å²) >= 11 is 5.63. The minimum Gasteiger partial charge on any atom is -0.478 e. The Kier molecular flexibility index (Phi) is 6.62. The molecule has 0 saturated carbocycles. The number of benzene rings is 1. The summed E-state index contributed by atoms with van der Waals surface area (Å²) in [4.78, 5) is 31.6. The molecule has 3 heterocycles. The molecule has 0 bridgehead atoms. The molecular weight excluding hydrogens is 456 g/mol. The molecule has 0 spiro atoms. The molecule has 1 aliphatic rings. The quantitative estimate of drug-likeness (QED) is 0.415. The van der Waals surface area contributed by atoms with E-state index in [1.807, 2.05) is 43.3 Å². The molecule has 1 saturated heterocycles. The number of aromatic carboxylic acids is 2. The molecule has 2 atom stereocenters. The fraction of sp³-hybridized carbons (Fsp3) is 0.250. The maximum absolute atomic E-state index is 11.5. The monoisotopic (exact) mass is 480 g/mol. The summed E-state index contributed by atoms with van der Waals surface area (Å²) in [6.45, 7) is 1.42. The number of carbonyl (C=O) groups is 2. The lowest BCUT2D eigenvalue weighted by Gasteiger charge is -2.27. The van der Waals surface area contributed by atoms with Gasteiger partial charge in [-0.05, 0) is 68.8 Å². The minimum absolute atomic E-state index is 0.129. The van der Waals surface area contributed by atoms with Crippen molar-refractivity contribution in [2.75, 3.05) is 27.2 Å². The van der Waals surface area contributed by atoms with Gasteiger partial charge in [0, 0.05) is 24.8 Å². The maximum atomic E-state index is 11.5. The van der Waals surface area contributed by atoms with Crippen LogP contribution in [0.4, 0.5) is 0 Å². The van der Waals surface area contributed by atoms with E-state index in [-0.39, 0.29) is 23.2 Å². The van der Waals surface area contributed by atoms with Gasteiger partial charge in [-0.15, -0.1) is 0 Å². The van der Waals surface area contributed by atoms with Crippen LogP contribution in [0.1, 0.15) is 44.3 Å². The van der Waals surface area contributed by atoms with E-state index in [2.05, 4.69) is 15.2 Å². The van der Waals surface area contributed by atoms with E-state index in [9.17, 15) is 19.8 Å². The number of furan rings is 1. The third kappa shape index (κ3) is 4.78. The predicted octanol–water partition coefficient (Wildman–Crippen LogP) is 3.27. The number of pyridine rings is 1. The second kappa shape index (κ2) is 9.62. The summed E-state index contributed by atoms with van der Waals surface area (Å²) in [5.41, 5.74) is 0.915. The Morgan fingerprint density at radius 2 is 1.82 bits per heavy atom. The molecule has 4 rings (SSSR count). The van der Waals surface area contributed by atoms with E-state index in [0.29, 0.717) is 28.7 Å². The summed E-state index contributed by atoms with van der Waals surface area (Å²) in [6.07, 6.45) is 1.72. The van der Waals surface area contributed by atoms with Gasteiger partial charge in [-0.2, -0.15) is 0 Å². The minimum atomic E-state index is -1.22. The molecule has 3 aromatic rings. The molecule has 3 N–H and O–H groups in total. The molecule has 1 fully saturated rings. The van der Waals surface area contributed by atoms with Crippen molar-refractivity contribution in [3.8, 4) is 11.3 Å². The number of nitrogens with one attached hydrogen (secondary N) is 1. The Bertz CT molecular complexity index is 1190. The normalized spacial score (nSPS) is 17.7. The van der Waals surface area contributed by atoms with Crippen molar-refractivity contribution in [3.05, 3.63) is 77.3 Å². The number of carboxylic acid groups (broad SMARTS) is 2. The molecule has 1 aromatic carbocycles. The average molecular weight is 481 g/mol. The highest BCUT2D eigenvalue weighted by Crippen LogP contribution is 2.40. The summed E-state index contributed by atoms with van der Waals surface area (Å²) in [5.74, 6) is -1.46. The van der Waals surface area contributed by atoms with Crippen molar-refractivity contribution < 1.29 is 24.2 Å². The van der Waals surface area contributed by atoms with Crippen LogP contribution in [0.2, 0.25) is 0 Å². The zero-order chi connectivity index (χ0) is 24.4. The van der Waals surface area contributed by atoms with Gasteiger partial charge in [0.25, 0.3) is 0 Å². The first kappa shape index (κ1) is 23.4. The van der Waals surface area contributed by atoms with Crippen molar-refractivity contribution in [1.29, 1.82) is 0 Å². The number of aromatic nitrogens is 1. The van der Waals surface area contributed by atoms with Crippen LogP contribution in [0.5, 0.6) is 0 Å². The van der Waals surface area contributed by atoms with Gasteiger partial charge in [0.2, 0.25) is 0 Å². The summed E-state index contributed by atoms with van der Waals surface area (Å²) in [7, 11) is 3.97. The Morgan fingerprint density at radius 3 is 2.41 bits per heavy atom. The smallest absolute Gasteiger partial charge is 0.335 e. The standard InChI is InChI=1S/C24H24N4O5S/c1-27(2)9-10-28-21(20(26-24(28)34)17-5-3-4-8-25-17)19-7-6-18(33-19)14-11-15(22(29)30)13-16(12-14)23(31)32/h3-8,11-13,20-21H,9-10H2,1-2H3,(H,26,34)(H,29,30)(H,31,32)/t20-,21-/m1/s1. The van der Waals surface area contributed by atoms with Crippen molar-refractivity contribution in [3.63, 3.8) is 0 Å². The number of thiocarbonyl (C=S) groups is 1. The van der Waals surface area contributed by atoms with E-state index in [0.717, 1.165) is 18.3 Å². The van der Waals surface area contributed by atoms with E-state index >= 15 is 0 Å². The Morgan fingerprint density at radius 1 is 1.12 bits per heavy atom. The van der Waals surface area contributed by atoms with Crippen LogP contribution in [0, 0.1) is 0 Å². The van der Waals surface area contributed by atoms with Gasteiger partial charge in [-0.25, -0.2) is 9.59 Å². The van der Waals surface area contributed by atoms with E-state index in [1.165, 1.54) is 12.1 Å². The molecular formula is C24H24N4O5S. The van der Waals surface area contributed by atoms with Crippen LogP contribution < -0.4 is 5.32 Å². The number of carboxylic acids is 2. The van der Waals surface area contributed by atoms with E-state index < -0.39 is 11.9 Å². The summed E-state index contributed by atoms with van der Waals surface area (Å²) in [5, 5.41) is 22.7. The highest BCUT2D eigenvalue weighted by atomic mass is 32.1. The van der Waals surface area contributed by atoms with Crippen molar-refractivity contribution in [2.24, 2.45) is 0 Å². The highest BCUT2D eigenvalue weighted by Gasteiger charge is 2.41. The van der Waals surface area contributed by atoms with Gasteiger partial charge in [0.05, 0.1) is 22.9 Å². The van der Waals surface area contributed by atoms with Gasteiger partial charge in [-0.3, -0.25) is 4.98 Å². The largest absolute Gasteiger partial charge is 0.478 e. The molecule has 176 valence electrons. The third-order valence-corrected chi connectivity index (χ3v) is 5.97. The van der Waals surface area contributed by atoms with E-state index in [1.54, 1.807) is 12.3 Å². The highest BCUT2D eigenvalue weighted by molar-refractivity contribution is 7.80. The van der Waals surface area contributed by atoms with Crippen LogP contribution in [0.25, 0.3) is 11.3 Å². The Balaban J connectivity index is 1.75. The molecule has 9 nitrogen and oxygen atoms in total. The topological polar surface area (TPSA) is 119 Å². The number of hydrogen-bond acceptors (Lipinski definition) is 6. The van der Waals surface area contributed by atoms with Crippen molar-refractivity contribution >= 4 is 29.3 Å². The molecule has 2 aromatic heterocycles. The second-order valence-electron chi connectivity index (χ2n) is 8.23. The lowest BCUT2D eigenvalue weighted by molar-refractivity contribution is 0.0696. The molecule has 0 amide bonds. The Labute approximate surface area is 201 Å². The first-order valence-electron chi connectivity index (χ1n) is 10.6. The molecule has 0 aliphatic carbocycles. The lowest BCUT2D eigenvalue weighted by atomic mass is 10.0. The lowest BCUT2D eigenvalue weighted by Crippen LogP contribution is -2.35. The van der Waals surface area contributed by atoms with Gasteiger partial charge >= 0.3 is 11.9 Å². The van der Waals surface area contributed by atoms with Gasteiger partial charge < -0.3 is 29.7 Å². The number of nitrogens with zero attached hydrogens (tertiary/aromatic N) is 3. The first-order chi connectivity index (χ1) is 16.2. The van der Waals surface area contributed by atoms with Gasteiger partial charge in [0.15, 0.2) is 5.11 Å². The molecule has 0 radical (unpaired) electrons. The maximum Gasteiger partial charge on any atom is 0.335 e. The molecule has 34 heavy (non-hydrogen) atoms. The van der Waals surface area contributed by atoms with Crippen LogP contribution in [0.3, 0.4) is 0 Å². The zero-order valence-electron chi connectivity index (χ0n) is 18.6. The number of hydrogen-bond donors (Lipinski definition) is 3. The Hall–Kier alpha value is -3.76.